The largest absolute Gasteiger partial charge is 0.148 e. The summed E-state index contributed by atoms with van der Waals surface area (Å²) in [5.74, 6) is -0.907. The van der Waals surface area contributed by atoms with E-state index in [2.05, 4.69) is 0 Å². The highest BCUT2D eigenvalue weighted by atomic mass is 32.1. The third-order valence-corrected chi connectivity index (χ3v) is 2.87. The van der Waals surface area contributed by atoms with Gasteiger partial charge in [-0.15, -0.1) is 11.3 Å². The summed E-state index contributed by atoms with van der Waals surface area (Å²) in [6.45, 7) is 0.0531. The summed E-state index contributed by atoms with van der Waals surface area (Å²) in [4.78, 5) is 0.934. The van der Waals surface area contributed by atoms with E-state index in [0.29, 0.717) is 0 Å². The normalized spacial score (nSPS) is 17.2. The summed E-state index contributed by atoms with van der Waals surface area (Å²) < 4.78 is 16.0. The molecule has 1 atom stereocenters. The molecule has 0 fully saturated rings. The van der Waals surface area contributed by atoms with E-state index in [4.69, 9.17) is 2.74 Å². The second-order valence-electron chi connectivity index (χ2n) is 2.82. The van der Waals surface area contributed by atoms with E-state index >= 15 is 0 Å². The van der Waals surface area contributed by atoms with Gasteiger partial charge in [0.1, 0.15) is 0 Å². The molecule has 0 amide bonds. The maximum Gasteiger partial charge on any atom is 0.0408 e. The van der Waals surface area contributed by atoms with Gasteiger partial charge in [-0.3, -0.25) is 0 Å². The van der Waals surface area contributed by atoms with Gasteiger partial charge in [0.2, 0.25) is 0 Å². The number of hydrogen-bond acceptors (Lipinski definition) is 1. The van der Waals surface area contributed by atoms with Crippen LogP contribution in [0.15, 0.2) is 47.8 Å². The van der Waals surface area contributed by atoms with E-state index in [-0.39, 0.29) is 6.90 Å². The Morgan fingerprint density at radius 2 is 2.08 bits per heavy atom. The van der Waals surface area contributed by atoms with Crippen LogP contribution in [0.3, 0.4) is 0 Å². The van der Waals surface area contributed by atoms with Gasteiger partial charge in [0.15, 0.2) is 0 Å². The predicted molar refractivity (Wildman–Crippen MR) is 58.3 cm³/mol. The summed E-state index contributed by atoms with van der Waals surface area (Å²) in [5.41, 5.74) is 0.891. The van der Waals surface area contributed by atoms with Gasteiger partial charge in [-0.2, -0.15) is 0 Å². The van der Waals surface area contributed by atoms with Crippen molar-refractivity contribution < 1.29 is 2.74 Å². The summed E-state index contributed by atoms with van der Waals surface area (Å²) in [7, 11) is 0. The molecule has 0 aliphatic rings. The Hall–Kier alpha value is -1.08. The quantitative estimate of drug-likeness (QED) is 0.673. The van der Waals surface area contributed by atoms with E-state index in [0.717, 1.165) is 10.4 Å². The van der Waals surface area contributed by atoms with Crippen LogP contribution >= 0.6 is 11.3 Å². The molecule has 0 radical (unpaired) electrons. The Labute approximate surface area is 85.7 Å². The average molecular weight is 190 g/mol. The smallest absolute Gasteiger partial charge is 0.0408 e. The van der Waals surface area contributed by atoms with Gasteiger partial charge >= 0.3 is 0 Å². The van der Waals surface area contributed by atoms with Crippen LogP contribution in [0.25, 0.3) is 0 Å². The molecular formula is C12H12S. The highest BCUT2D eigenvalue weighted by Gasteiger charge is 2.07. The zero-order valence-corrected chi connectivity index (χ0v) is 8.05. The van der Waals surface area contributed by atoms with E-state index in [1.807, 2.05) is 47.8 Å². The standard InChI is InChI=1S/C12H12S/c1-10(12-8-5-9-13-12)11-6-3-2-4-7-11/h2-10H,1H3/i1D,10D. The van der Waals surface area contributed by atoms with Crippen molar-refractivity contribution in [2.45, 2.75) is 12.8 Å². The van der Waals surface area contributed by atoms with Crippen molar-refractivity contribution in [3.63, 3.8) is 0 Å². The van der Waals surface area contributed by atoms with Crippen molar-refractivity contribution >= 4 is 11.3 Å². The molecule has 2 rings (SSSR count). The second kappa shape index (κ2) is 3.75. The molecule has 2 aromatic rings. The zero-order valence-electron chi connectivity index (χ0n) is 9.23. The van der Waals surface area contributed by atoms with Gasteiger partial charge in [-0.05, 0) is 17.0 Å². The first-order valence-electron chi connectivity index (χ1n) is 5.37. The Bertz CT molecular complexity index is 410. The zero-order chi connectivity index (χ0) is 10.7. The minimum absolute atomic E-state index is 0.0531. The van der Waals surface area contributed by atoms with Gasteiger partial charge in [0.25, 0.3) is 0 Å². The Kier molecular flexibility index (Phi) is 1.84. The Morgan fingerprint density at radius 1 is 1.23 bits per heavy atom. The molecule has 0 aliphatic heterocycles. The molecular weight excluding hydrogens is 176 g/mol. The first-order chi connectivity index (χ1) is 7.27. The molecule has 1 unspecified atom stereocenters. The number of hydrogen-bond donors (Lipinski definition) is 0. The van der Waals surface area contributed by atoms with Crippen LogP contribution in [0.5, 0.6) is 0 Å². The fourth-order valence-corrected chi connectivity index (χ4v) is 1.95. The van der Waals surface area contributed by atoms with E-state index in [1.54, 1.807) is 11.3 Å². The molecule has 0 nitrogen and oxygen atoms in total. The van der Waals surface area contributed by atoms with Crippen LogP contribution in [0, 0.1) is 0 Å². The molecule has 0 saturated carbocycles. The molecule has 66 valence electrons. The Balaban J connectivity index is 2.47. The number of benzene rings is 1. The highest BCUT2D eigenvalue weighted by Crippen LogP contribution is 2.26. The maximum absolute atomic E-state index is 8.39. The van der Waals surface area contributed by atoms with Crippen molar-refractivity contribution in [2.24, 2.45) is 0 Å². The summed E-state index contributed by atoms with van der Waals surface area (Å²) in [6.07, 6.45) is 0. The first kappa shape index (κ1) is 6.39. The lowest BCUT2D eigenvalue weighted by atomic mass is 10.00. The second-order valence-corrected chi connectivity index (χ2v) is 3.77. The summed E-state index contributed by atoms with van der Waals surface area (Å²) >= 11 is 1.54. The number of thiophene rings is 1. The third kappa shape index (κ3) is 1.81. The molecule has 0 bridgehead atoms. The monoisotopic (exact) mass is 190 g/mol. The first-order valence-corrected chi connectivity index (χ1v) is 5.04. The predicted octanol–water partition coefficient (Wildman–Crippen LogP) is 3.90. The van der Waals surface area contributed by atoms with Crippen LogP contribution in [0.2, 0.25) is 0 Å². The van der Waals surface area contributed by atoms with Gasteiger partial charge < -0.3 is 0 Å². The topological polar surface area (TPSA) is 0 Å². The van der Waals surface area contributed by atoms with Crippen LogP contribution < -0.4 is 0 Å². The lowest BCUT2D eigenvalue weighted by Crippen LogP contribution is -1.91. The van der Waals surface area contributed by atoms with Gasteiger partial charge in [-0.25, -0.2) is 0 Å². The molecule has 1 aromatic carbocycles. The molecule has 1 heteroatoms. The SMILES string of the molecule is [2H]CC([2H])(c1ccccc1)c1cccs1. The molecule has 1 aromatic heterocycles. The lowest BCUT2D eigenvalue weighted by Gasteiger charge is -2.08. The van der Waals surface area contributed by atoms with Gasteiger partial charge in [0.05, 0.1) is 0 Å². The molecule has 13 heavy (non-hydrogen) atoms. The van der Waals surface area contributed by atoms with Gasteiger partial charge in [-0.1, -0.05) is 43.3 Å². The van der Waals surface area contributed by atoms with Crippen molar-refractivity contribution in [3.8, 4) is 0 Å². The van der Waals surface area contributed by atoms with Gasteiger partial charge in [0, 0.05) is 13.5 Å². The third-order valence-electron chi connectivity index (χ3n) is 1.94. The van der Waals surface area contributed by atoms with Crippen LogP contribution in [-0.2, 0) is 0 Å². The van der Waals surface area contributed by atoms with Crippen LogP contribution in [-0.4, -0.2) is 0 Å². The van der Waals surface area contributed by atoms with E-state index in [9.17, 15) is 0 Å². The maximum atomic E-state index is 8.39. The average Bonchev–Trinajstić information content (AvgIpc) is 2.83. The molecule has 0 N–H and O–H groups in total. The fourth-order valence-electron chi connectivity index (χ4n) is 1.23. The summed E-state index contributed by atoms with van der Waals surface area (Å²) in [5, 5.41) is 1.96. The Morgan fingerprint density at radius 3 is 2.69 bits per heavy atom. The summed E-state index contributed by atoms with van der Waals surface area (Å²) in [6, 6.07) is 13.5. The van der Waals surface area contributed by atoms with Crippen molar-refractivity contribution in [1.29, 1.82) is 0 Å². The molecule has 0 aliphatic carbocycles. The van der Waals surface area contributed by atoms with Crippen molar-refractivity contribution in [1.82, 2.24) is 0 Å². The van der Waals surface area contributed by atoms with Crippen molar-refractivity contribution in [3.05, 3.63) is 58.3 Å². The minimum atomic E-state index is -0.907. The highest BCUT2D eigenvalue weighted by molar-refractivity contribution is 7.10. The minimum Gasteiger partial charge on any atom is -0.148 e. The molecule has 0 spiro atoms. The lowest BCUT2D eigenvalue weighted by molar-refractivity contribution is 0.948. The van der Waals surface area contributed by atoms with E-state index < -0.39 is 5.89 Å². The van der Waals surface area contributed by atoms with Crippen LogP contribution in [0.1, 0.15) is 26.0 Å². The fraction of sp³-hybridized carbons (Fsp3) is 0.167. The van der Waals surface area contributed by atoms with Crippen molar-refractivity contribution in [2.75, 3.05) is 0 Å². The molecule has 1 heterocycles. The van der Waals surface area contributed by atoms with Crippen LogP contribution in [0.4, 0.5) is 0 Å². The number of rotatable bonds is 2. The van der Waals surface area contributed by atoms with E-state index in [1.165, 1.54) is 0 Å². The molecule has 0 saturated heterocycles.